The standard InChI is InChI=1S/C10H12IN/c1-7-5-9-8(6-12-7)3-2-4-10(9)11/h2-4,7,12H,5-6H2,1H3/t7-/m1/s1. The van der Waals surface area contributed by atoms with Gasteiger partial charge in [0, 0.05) is 16.2 Å². The summed E-state index contributed by atoms with van der Waals surface area (Å²) in [6.45, 7) is 3.28. The average Bonchev–Trinajstić information content (AvgIpc) is 2.07. The third-order valence-electron chi connectivity index (χ3n) is 2.37. The molecule has 0 aliphatic carbocycles. The summed E-state index contributed by atoms with van der Waals surface area (Å²) in [5.74, 6) is 0. The molecule has 64 valence electrons. The topological polar surface area (TPSA) is 12.0 Å². The maximum absolute atomic E-state index is 3.46. The summed E-state index contributed by atoms with van der Waals surface area (Å²) in [5, 5.41) is 3.46. The van der Waals surface area contributed by atoms with E-state index in [9.17, 15) is 0 Å². The van der Waals surface area contributed by atoms with Gasteiger partial charge in [0.25, 0.3) is 0 Å². The predicted molar refractivity (Wildman–Crippen MR) is 59.2 cm³/mol. The van der Waals surface area contributed by atoms with Gasteiger partial charge in [0.1, 0.15) is 0 Å². The van der Waals surface area contributed by atoms with Crippen molar-refractivity contribution in [1.29, 1.82) is 0 Å². The van der Waals surface area contributed by atoms with E-state index in [4.69, 9.17) is 0 Å². The van der Waals surface area contributed by atoms with Crippen molar-refractivity contribution in [3.05, 3.63) is 32.9 Å². The van der Waals surface area contributed by atoms with Crippen LogP contribution in [0.15, 0.2) is 18.2 Å². The largest absolute Gasteiger partial charge is 0.310 e. The minimum Gasteiger partial charge on any atom is -0.310 e. The van der Waals surface area contributed by atoms with Gasteiger partial charge in [0.05, 0.1) is 0 Å². The van der Waals surface area contributed by atoms with Gasteiger partial charge in [0.15, 0.2) is 0 Å². The van der Waals surface area contributed by atoms with Gasteiger partial charge < -0.3 is 5.32 Å². The first kappa shape index (κ1) is 8.51. The molecule has 12 heavy (non-hydrogen) atoms. The fourth-order valence-electron chi connectivity index (χ4n) is 1.66. The summed E-state index contributed by atoms with van der Waals surface area (Å²) in [5.41, 5.74) is 3.02. The van der Waals surface area contributed by atoms with Gasteiger partial charge in [-0.3, -0.25) is 0 Å². The van der Waals surface area contributed by atoms with Gasteiger partial charge in [-0.1, -0.05) is 12.1 Å². The predicted octanol–water partition coefficient (Wildman–Crippen LogP) is 2.33. The van der Waals surface area contributed by atoms with Crippen LogP contribution in [-0.4, -0.2) is 6.04 Å². The van der Waals surface area contributed by atoms with Crippen molar-refractivity contribution in [1.82, 2.24) is 5.32 Å². The van der Waals surface area contributed by atoms with Crippen LogP contribution in [0.5, 0.6) is 0 Å². The summed E-state index contributed by atoms with van der Waals surface area (Å²) in [6, 6.07) is 7.18. The van der Waals surface area contributed by atoms with Crippen LogP contribution >= 0.6 is 22.6 Å². The molecular weight excluding hydrogens is 261 g/mol. The number of benzene rings is 1. The third-order valence-corrected chi connectivity index (χ3v) is 3.38. The third kappa shape index (κ3) is 1.50. The second-order valence-corrected chi connectivity index (χ2v) is 4.53. The van der Waals surface area contributed by atoms with Crippen LogP contribution in [0.3, 0.4) is 0 Å². The van der Waals surface area contributed by atoms with E-state index < -0.39 is 0 Å². The highest BCUT2D eigenvalue weighted by Gasteiger charge is 2.15. The van der Waals surface area contributed by atoms with Crippen LogP contribution in [0.25, 0.3) is 0 Å². The Morgan fingerprint density at radius 3 is 3.17 bits per heavy atom. The zero-order valence-electron chi connectivity index (χ0n) is 7.10. The highest BCUT2D eigenvalue weighted by atomic mass is 127. The summed E-state index contributed by atoms with van der Waals surface area (Å²) < 4.78 is 1.42. The molecule has 1 aliphatic rings. The van der Waals surface area contributed by atoms with Crippen molar-refractivity contribution in [3.8, 4) is 0 Å². The molecule has 2 rings (SSSR count). The first-order valence-corrected chi connectivity index (χ1v) is 5.35. The minimum absolute atomic E-state index is 0.633. The van der Waals surface area contributed by atoms with E-state index in [1.54, 1.807) is 5.56 Å². The van der Waals surface area contributed by atoms with Crippen LogP contribution in [-0.2, 0) is 13.0 Å². The number of fused-ring (bicyclic) bond motifs is 1. The van der Waals surface area contributed by atoms with Crippen LogP contribution in [0.1, 0.15) is 18.1 Å². The monoisotopic (exact) mass is 273 g/mol. The molecule has 1 atom stereocenters. The van der Waals surface area contributed by atoms with Gasteiger partial charge in [-0.2, -0.15) is 0 Å². The van der Waals surface area contributed by atoms with E-state index in [2.05, 4.69) is 53.0 Å². The van der Waals surface area contributed by atoms with Crippen molar-refractivity contribution in [3.63, 3.8) is 0 Å². The highest BCUT2D eigenvalue weighted by Crippen LogP contribution is 2.21. The molecule has 0 radical (unpaired) electrons. The Morgan fingerprint density at radius 1 is 1.50 bits per heavy atom. The molecule has 2 heteroatoms. The Kier molecular flexibility index (Phi) is 2.37. The summed E-state index contributed by atoms with van der Waals surface area (Å²) in [7, 11) is 0. The smallest absolute Gasteiger partial charge is 0.0211 e. The molecule has 1 aliphatic heterocycles. The molecule has 0 bridgehead atoms. The molecule has 0 saturated heterocycles. The number of rotatable bonds is 0. The van der Waals surface area contributed by atoms with Crippen molar-refractivity contribution < 1.29 is 0 Å². The lowest BCUT2D eigenvalue weighted by atomic mass is 9.97. The lowest BCUT2D eigenvalue weighted by Gasteiger charge is -2.23. The summed E-state index contributed by atoms with van der Waals surface area (Å²) in [6.07, 6.45) is 1.18. The fraction of sp³-hybridized carbons (Fsp3) is 0.400. The quantitative estimate of drug-likeness (QED) is 0.715. The first-order valence-electron chi connectivity index (χ1n) is 4.27. The summed E-state index contributed by atoms with van der Waals surface area (Å²) >= 11 is 2.43. The zero-order valence-corrected chi connectivity index (χ0v) is 9.26. The molecule has 0 spiro atoms. The molecule has 1 aromatic rings. The van der Waals surface area contributed by atoms with Crippen LogP contribution < -0.4 is 5.32 Å². The molecule has 0 fully saturated rings. The van der Waals surface area contributed by atoms with Gasteiger partial charge in [-0.05, 0) is 53.1 Å². The SMILES string of the molecule is C[C@@H]1Cc2c(I)cccc2CN1. The zero-order chi connectivity index (χ0) is 8.55. The van der Waals surface area contributed by atoms with Gasteiger partial charge in [0.2, 0.25) is 0 Å². The molecule has 0 unspecified atom stereocenters. The fourth-order valence-corrected chi connectivity index (χ4v) is 2.43. The molecule has 1 nitrogen and oxygen atoms in total. The van der Waals surface area contributed by atoms with Crippen LogP contribution in [0, 0.1) is 3.57 Å². The number of halogens is 1. The van der Waals surface area contributed by atoms with E-state index in [1.807, 2.05) is 0 Å². The maximum Gasteiger partial charge on any atom is 0.0211 e. The number of nitrogens with one attached hydrogen (secondary N) is 1. The van der Waals surface area contributed by atoms with Crippen molar-refractivity contribution in [2.24, 2.45) is 0 Å². The van der Waals surface area contributed by atoms with E-state index in [1.165, 1.54) is 15.6 Å². The maximum atomic E-state index is 3.46. The second-order valence-electron chi connectivity index (χ2n) is 3.36. The Balaban J connectivity index is 2.43. The molecule has 1 aromatic carbocycles. The molecule has 0 saturated carbocycles. The van der Waals surface area contributed by atoms with E-state index in [-0.39, 0.29) is 0 Å². The Morgan fingerprint density at radius 2 is 2.33 bits per heavy atom. The molecular formula is C10H12IN. The van der Waals surface area contributed by atoms with Gasteiger partial charge in [-0.25, -0.2) is 0 Å². The molecule has 0 aromatic heterocycles. The number of hydrogen-bond donors (Lipinski definition) is 1. The van der Waals surface area contributed by atoms with Crippen molar-refractivity contribution in [2.45, 2.75) is 25.9 Å². The van der Waals surface area contributed by atoms with E-state index >= 15 is 0 Å². The van der Waals surface area contributed by atoms with Crippen molar-refractivity contribution in [2.75, 3.05) is 0 Å². The Bertz CT molecular complexity index is 296. The average molecular weight is 273 g/mol. The second kappa shape index (κ2) is 3.34. The van der Waals surface area contributed by atoms with Gasteiger partial charge in [-0.15, -0.1) is 0 Å². The van der Waals surface area contributed by atoms with Gasteiger partial charge >= 0.3 is 0 Å². The van der Waals surface area contributed by atoms with Crippen LogP contribution in [0.4, 0.5) is 0 Å². The lowest BCUT2D eigenvalue weighted by molar-refractivity contribution is 0.512. The van der Waals surface area contributed by atoms with Crippen LogP contribution in [0.2, 0.25) is 0 Å². The van der Waals surface area contributed by atoms with E-state index in [0.29, 0.717) is 6.04 Å². The van der Waals surface area contributed by atoms with Crippen molar-refractivity contribution >= 4 is 22.6 Å². The molecule has 1 N–H and O–H groups in total. The Hall–Kier alpha value is -0.0900. The lowest BCUT2D eigenvalue weighted by Crippen LogP contribution is -2.33. The van der Waals surface area contributed by atoms with E-state index in [0.717, 1.165) is 6.54 Å². The number of hydrogen-bond acceptors (Lipinski definition) is 1. The normalized spacial score (nSPS) is 22.0. The molecule has 1 heterocycles. The highest BCUT2D eigenvalue weighted by molar-refractivity contribution is 14.1. The summed E-state index contributed by atoms with van der Waals surface area (Å²) in [4.78, 5) is 0. The minimum atomic E-state index is 0.633. The Labute approximate surface area is 86.7 Å². The molecule has 0 amide bonds. The first-order chi connectivity index (χ1) is 5.77.